The van der Waals surface area contributed by atoms with Gasteiger partial charge in [-0.3, -0.25) is 14.4 Å². The number of carbonyl (C=O) groups is 3. The molecule has 0 bridgehead atoms. The Hall–Kier alpha value is -3.41. The number of carbonyl (C=O) groups excluding carboxylic acids is 3. The highest BCUT2D eigenvalue weighted by molar-refractivity contribution is 5.71. The average Bonchev–Trinajstić information content (AvgIpc) is 3.36. The molecule has 0 fully saturated rings. The smallest absolute Gasteiger partial charge is 0.306 e. The molecule has 0 spiro atoms. The Balaban J connectivity index is 4.49. The van der Waals surface area contributed by atoms with E-state index in [4.69, 9.17) is 14.2 Å². The molecule has 0 aliphatic rings. The van der Waals surface area contributed by atoms with Crippen molar-refractivity contribution in [1.29, 1.82) is 0 Å². The van der Waals surface area contributed by atoms with Crippen LogP contribution in [0.5, 0.6) is 0 Å². The Morgan fingerprint density at radius 1 is 0.300 bits per heavy atom. The SMILES string of the molecule is CC/C=C\C/C=C\C/C=C\C/C=C\C/C=C\C/C=C\CCC(=O)OCC(COC(=O)CCCCCCCCCCCCCCCCC)OC(=O)CCCCCCC/C=C\CCCCCCCCCCC. The van der Waals surface area contributed by atoms with E-state index >= 15 is 0 Å². The third kappa shape index (κ3) is 55.5. The maximum Gasteiger partial charge on any atom is 0.306 e. The summed E-state index contributed by atoms with van der Waals surface area (Å²) >= 11 is 0. The van der Waals surface area contributed by atoms with Crippen molar-refractivity contribution < 1.29 is 28.6 Å². The lowest BCUT2D eigenvalue weighted by Gasteiger charge is -2.18. The predicted octanol–water partition coefficient (Wildman–Crippen LogP) is 19.9. The summed E-state index contributed by atoms with van der Waals surface area (Å²) < 4.78 is 16.8. The normalized spacial score (nSPS) is 12.7. The average molecular weight is 976 g/mol. The molecule has 402 valence electrons. The van der Waals surface area contributed by atoms with Crippen LogP contribution < -0.4 is 0 Å². The van der Waals surface area contributed by atoms with Crippen LogP contribution in [-0.2, 0) is 28.6 Å². The van der Waals surface area contributed by atoms with Gasteiger partial charge < -0.3 is 14.2 Å². The van der Waals surface area contributed by atoms with E-state index in [-0.39, 0.29) is 37.5 Å². The molecule has 6 nitrogen and oxygen atoms in total. The summed E-state index contributed by atoms with van der Waals surface area (Å²) in [4.78, 5) is 38.2. The molecule has 0 aromatic rings. The molecule has 0 aromatic carbocycles. The first-order chi connectivity index (χ1) is 34.5. The van der Waals surface area contributed by atoms with Gasteiger partial charge >= 0.3 is 17.9 Å². The van der Waals surface area contributed by atoms with Crippen LogP contribution in [0.15, 0.2) is 85.1 Å². The fraction of sp³-hybridized carbons (Fsp3) is 0.734. The third-order valence-corrected chi connectivity index (χ3v) is 12.6. The lowest BCUT2D eigenvalue weighted by Crippen LogP contribution is -2.30. The maximum absolute atomic E-state index is 12.9. The zero-order valence-electron chi connectivity index (χ0n) is 46.0. The Morgan fingerprint density at radius 3 is 0.957 bits per heavy atom. The van der Waals surface area contributed by atoms with E-state index in [0.717, 1.165) is 89.9 Å². The molecule has 0 aliphatic heterocycles. The molecule has 6 heteroatoms. The van der Waals surface area contributed by atoms with E-state index in [1.165, 1.54) is 148 Å². The van der Waals surface area contributed by atoms with E-state index in [1.807, 2.05) is 6.08 Å². The quantitative estimate of drug-likeness (QED) is 0.0261. The second-order valence-electron chi connectivity index (χ2n) is 19.5. The zero-order chi connectivity index (χ0) is 50.7. The van der Waals surface area contributed by atoms with Crippen LogP contribution in [0.1, 0.15) is 284 Å². The van der Waals surface area contributed by atoms with Crippen LogP contribution in [-0.4, -0.2) is 37.2 Å². The van der Waals surface area contributed by atoms with Gasteiger partial charge in [-0.2, -0.15) is 0 Å². The first kappa shape index (κ1) is 66.6. The van der Waals surface area contributed by atoms with Crippen LogP contribution in [0.25, 0.3) is 0 Å². The summed E-state index contributed by atoms with van der Waals surface area (Å²) in [6.07, 6.45) is 75.9. The first-order valence-electron chi connectivity index (χ1n) is 29.6. The number of allylic oxidation sites excluding steroid dienone is 14. The Morgan fingerprint density at radius 2 is 0.586 bits per heavy atom. The minimum Gasteiger partial charge on any atom is -0.462 e. The number of hydrogen-bond acceptors (Lipinski definition) is 6. The lowest BCUT2D eigenvalue weighted by molar-refractivity contribution is -0.166. The summed E-state index contributed by atoms with van der Waals surface area (Å²) in [5, 5.41) is 0. The summed E-state index contributed by atoms with van der Waals surface area (Å²) in [5.41, 5.74) is 0. The standard InChI is InChI=1S/C64H110O6/c1-4-7-10-13-16-19-22-25-28-30-32-34-36-39-42-45-48-51-54-57-63(66)69-60-61(59-68-62(65)56-53-50-47-44-41-38-35-27-24-21-18-15-12-9-6-3)70-64(67)58-55-52-49-46-43-40-37-33-31-29-26-23-20-17-14-11-8-5-2/h7,10,16,19,25,28,32-34,37,39,42,48,51,61H,4-6,8-9,11-15,17-18,20-24,26-27,29-31,35-36,38,40-41,43-47,49-50,52-60H2,1-3H3/b10-7-,19-16-,28-25-,34-32-,37-33-,42-39-,51-48-. The monoisotopic (exact) mass is 975 g/mol. The van der Waals surface area contributed by atoms with Gasteiger partial charge in [0.15, 0.2) is 6.10 Å². The van der Waals surface area contributed by atoms with Crippen LogP contribution >= 0.6 is 0 Å². The molecule has 70 heavy (non-hydrogen) atoms. The molecule has 1 unspecified atom stereocenters. The van der Waals surface area contributed by atoms with Crippen LogP contribution in [0.3, 0.4) is 0 Å². The number of unbranched alkanes of at least 4 members (excludes halogenated alkanes) is 28. The molecule has 0 aliphatic carbocycles. The molecule has 0 saturated heterocycles. The number of rotatable bonds is 53. The minimum atomic E-state index is -0.810. The van der Waals surface area contributed by atoms with Gasteiger partial charge in [-0.15, -0.1) is 0 Å². The van der Waals surface area contributed by atoms with Gasteiger partial charge in [0.1, 0.15) is 13.2 Å². The Bertz CT molecular complexity index is 1350. The van der Waals surface area contributed by atoms with Gasteiger partial charge in [0, 0.05) is 19.3 Å². The fourth-order valence-electron chi connectivity index (χ4n) is 8.23. The van der Waals surface area contributed by atoms with Gasteiger partial charge in [0.25, 0.3) is 0 Å². The summed E-state index contributed by atoms with van der Waals surface area (Å²) in [6, 6.07) is 0. The van der Waals surface area contributed by atoms with Crippen molar-refractivity contribution in [3.8, 4) is 0 Å². The second kappa shape index (κ2) is 58.2. The summed E-state index contributed by atoms with van der Waals surface area (Å²) in [7, 11) is 0. The fourth-order valence-corrected chi connectivity index (χ4v) is 8.23. The lowest BCUT2D eigenvalue weighted by atomic mass is 10.0. The van der Waals surface area contributed by atoms with Crippen molar-refractivity contribution in [3.05, 3.63) is 85.1 Å². The predicted molar refractivity (Wildman–Crippen MR) is 302 cm³/mol. The topological polar surface area (TPSA) is 78.9 Å². The maximum atomic E-state index is 12.9. The van der Waals surface area contributed by atoms with Gasteiger partial charge in [-0.05, 0) is 83.5 Å². The van der Waals surface area contributed by atoms with Gasteiger partial charge in [0.05, 0.1) is 0 Å². The second-order valence-corrected chi connectivity index (χ2v) is 19.5. The first-order valence-corrected chi connectivity index (χ1v) is 29.6. The summed E-state index contributed by atoms with van der Waals surface area (Å²) in [6.45, 7) is 6.48. The van der Waals surface area contributed by atoms with Gasteiger partial charge in [0.2, 0.25) is 0 Å². The molecule has 0 heterocycles. The largest absolute Gasteiger partial charge is 0.462 e. The van der Waals surface area contributed by atoms with Crippen LogP contribution in [0.4, 0.5) is 0 Å². The molecular formula is C64H110O6. The van der Waals surface area contributed by atoms with Crippen LogP contribution in [0, 0.1) is 0 Å². The van der Waals surface area contributed by atoms with E-state index in [1.54, 1.807) is 0 Å². The van der Waals surface area contributed by atoms with E-state index in [9.17, 15) is 14.4 Å². The van der Waals surface area contributed by atoms with Crippen molar-refractivity contribution in [2.24, 2.45) is 0 Å². The molecule has 0 radical (unpaired) electrons. The highest BCUT2D eigenvalue weighted by atomic mass is 16.6. The minimum absolute atomic E-state index is 0.101. The van der Waals surface area contributed by atoms with E-state index < -0.39 is 6.10 Å². The number of hydrogen-bond donors (Lipinski definition) is 0. The Labute approximate surface area is 433 Å². The van der Waals surface area contributed by atoms with Crippen molar-refractivity contribution in [3.63, 3.8) is 0 Å². The van der Waals surface area contributed by atoms with Crippen molar-refractivity contribution in [2.75, 3.05) is 13.2 Å². The molecule has 0 saturated carbocycles. The molecule has 0 amide bonds. The molecular weight excluding hydrogens is 865 g/mol. The zero-order valence-corrected chi connectivity index (χ0v) is 46.0. The third-order valence-electron chi connectivity index (χ3n) is 12.6. The van der Waals surface area contributed by atoms with Crippen molar-refractivity contribution in [2.45, 2.75) is 290 Å². The van der Waals surface area contributed by atoms with Gasteiger partial charge in [-0.1, -0.05) is 266 Å². The van der Waals surface area contributed by atoms with Crippen LogP contribution in [0.2, 0.25) is 0 Å². The van der Waals surface area contributed by atoms with E-state index in [0.29, 0.717) is 19.3 Å². The van der Waals surface area contributed by atoms with Gasteiger partial charge in [-0.25, -0.2) is 0 Å². The number of ether oxygens (including phenoxy) is 3. The highest BCUT2D eigenvalue weighted by Gasteiger charge is 2.19. The van der Waals surface area contributed by atoms with E-state index in [2.05, 4.69) is 99.8 Å². The molecule has 0 rings (SSSR count). The molecule has 1 atom stereocenters. The van der Waals surface area contributed by atoms with Crippen molar-refractivity contribution >= 4 is 17.9 Å². The molecule has 0 aromatic heterocycles. The summed E-state index contributed by atoms with van der Waals surface area (Å²) in [5.74, 6) is -0.988. The Kier molecular flexibility index (Phi) is 55.3. The number of esters is 3. The molecule has 0 N–H and O–H groups in total. The van der Waals surface area contributed by atoms with Crippen molar-refractivity contribution in [1.82, 2.24) is 0 Å². The highest BCUT2D eigenvalue weighted by Crippen LogP contribution is 2.16.